The molecular weight excluding hydrogens is 310 g/mol. The molecule has 0 bridgehead atoms. The summed E-state index contributed by atoms with van der Waals surface area (Å²) in [6.45, 7) is 7.11. The number of thiophene rings is 1. The first kappa shape index (κ1) is 13.5. The van der Waals surface area contributed by atoms with E-state index >= 15 is 0 Å². The van der Waals surface area contributed by atoms with Crippen molar-refractivity contribution in [1.82, 2.24) is 9.97 Å². The number of halogens is 1. The van der Waals surface area contributed by atoms with E-state index in [1.165, 1.54) is 5.56 Å². The lowest BCUT2D eigenvalue weighted by atomic mass is 10.2. The van der Waals surface area contributed by atoms with Crippen LogP contribution in [0.25, 0.3) is 10.7 Å². The Morgan fingerprint density at radius 1 is 1.33 bits per heavy atom. The Labute approximate surface area is 120 Å². The Bertz CT molecular complexity index is 551. The molecule has 0 spiro atoms. The Hall–Kier alpha value is -0.940. The Morgan fingerprint density at radius 3 is 2.67 bits per heavy atom. The predicted molar refractivity (Wildman–Crippen MR) is 81.3 cm³/mol. The molecule has 2 aromatic rings. The second-order valence-corrected chi connectivity index (χ2v) is 5.68. The van der Waals surface area contributed by atoms with Crippen LogP contribution in [0.15, 0.2) is 15.9 Å². The summed E-state index contributed by atoms with van der Waals surface area (Å²) in [5.74, 6) is 1.70. The second-order valence-electron chi connectivity index (χ2n) is 3.97. The van der Waals surface area contributed by atoms with Gasteiger partial charge in [-0.1, -0.05) is 6.92 Å². The third-order valence-corrected chi connectivity index (χ3v) is 4.51. The summed E-state index contributed by atoms with van der Waals surface area (Å²) in [6.07, 6.45) is 0.888. The van der Waals surface area contributed by atoms with Crippen LogP contribution >= 0.6 is 27.3 Å². The first-order valence-corrected chi connectivity index (χ1v) is 7.69. The third kappa shape index (κ3) is 2.57. The summed E-state index contributed by atoms with van der Waals surface area (Å²) in [5, 5.41) is 5.36. The van der Waals surface area contributed by atoms with E-state index in [2.05, 4.69) is 63.4 Å². The van der Waals surface area contributed by atoms with Crippen LogP contribution in [0.2, 0.25) is 0 Å². The normalized spacial score (nSPS) is 10.7. The number of anilines is 1. The van der Waals surface area contributed by atoms with Crippen molar-refractivity contribution in [2.45, 2.75) is 27.2 Å². The first-order valence-electron chi connectivity index (χ1n) is 6.02. The molecular formula is C13H16BrN3S. The highest BCUT2D eigenvalue weighted by Crippen LogP contribution is 2.31. The quantitative estimate of drug-likeness (QED) is 0.912. The monoisotopic (exact) mass is 325 g/mol. The van der Waals surface area contributed by atoms with Crippen molar-refractivity contribution in [1.29, 1.82) is 0 Å². The van der Waals surface area contributed by atoms with Crippen LogP contribution in [0, 0.1) is 6.92 Å². The van der Waals surface area contributed by atoms with Gasteiger partial charge in [-0.2, -0.15) is 0 Å². The van der Waals surface area contributed by atoms with Crippen molar-refractivity contribution in [3.8, 4) is 10.7 Å². The lowest BCUT2D eigenvalue weighted by molar-refractivity contribution is 0.985. The van der Waals surface area contributed by atoms with Gasteiger partial charge < -0.3 is 5.32 Å². The van der Waals surface area contributed by atoms with E-state index in [0.717, 1.165) is 39.7 Å². The smallest absolute Gasteiger partial charge is 0.172 e. The van der Waals surface area contributed by atoms with Gasteiger partial charge in [0, 0.05) is 6.54 Å². The number of aromatic nitrogens is 2. The SMILES string of the molecule is CCNc1nc(-c2sccc2C)nc(CC)c1Br. The number of hydrogen-bond donors (Lipinski definition) is 1. The summed E-state index contributed by atoms with van der Waals surface area (Å²) < 4.78 is 0.977. The minimum atomic E-state index is 0.818. The number of hydrogen-bond acceptors (Lipinski definition) is 4. The summed E-state index contributed by atoms with van der Waals surface area (Å²) in [5.41, 5.74) is 2.27. The van der Waals surface area contributed by atoms with Gasteiger partial charge in [0.05, 0.1) is 15.0 Å². The molecule has 0 atom stereocenters. The fourth-order valence-corrected chi connectivity index (χ4v) is 3.17. The number of rotatable bonds is 4. The van der Waals surface area contributed by atoms with Crippen LogP contribution in [0.5, 0.6) is 0 Å². The Morgan fingerprint density at radius 2 is 2.11 bits per heavy atom. The minimum absolute atomic E-state index is 0.818. The molecule has 0 saturated carbocycles. The maximum atomic E-state index is 4.65. The van der Waals surface area contributed by atoms with E-state index in [9.17, 15) is 0 Å². The van der Waals surface area contributed by atoms with Crippen LogP contribution in [0.1, 0.15) is 25.1 Å². The molecule has 2 aromatic heterocycles. The summed E-state index contributed by atoms with van der Waals surface area (Å²) in [4.78, 5) is 10.4. The average Bonchev–Trinajstić information content (AvgIpc) is 2.78. The van der Waals surface area contributed by atoms with Gasteiger partial charge in [-0.15, -0.1) is 11.3 Å². The van der Waals surface area contributed by atoms with E-state index in [1.807, 2.05) is 0 Å². The molecule has 2 rings (SSSR count). The van der Waals surface area contributed by atoms with Gasteiger partial charge in [-0.05, 0) is 53.2 Å². The molecule has 18 heavy (non-hydrogen) atoms. The molecule has 0 aromatic carbocycles. The van der Waals surface area contributed by atoms with Crippen molar-refractivity contribution in [3.63, 3.8) is 0 Å². The zero-order chi connectivity index (χ0) is 13.1. The lowest BCUT2D eigenvalue weighted by Crippen LogP contribution is -2.05. The van der Waals surface area contributed by atoms with Crippen molar-refractivity contribution in [2.24, 2.45) is 0 Å². The van der Waals surface area contributed by atoms with Gasteiger partial charge in [0.2, 0.25) is 0 Å². The first-order chi connectivity index (χ1) is 8.67. The molecule has 0 amide bonds. The molecule has 5 heteroatoms. The average molecular weight is 326 g/mol. The Kier molecular flexibility index (Phi) is 4.35. The van der Waals surface area contributed by atoms with Crippen molar-refractivity contribution in [3.05, 3.63) is 27.2 Å². The van der Waals surface area contributed by atoms with Gasteiger partial charge in [-0.3, -0.25) is 0 Å². The van der Waals surface area contributed by atoms with Crippen molar-refractivity contribution >= 4 is 33.1 Å². The zero-order valence-corrected chi connectivity index (χ0v) is 13.2. The molecule has 0 aliphatic heterocycles. The van der Waals surface area contributed by atoms with Crippen LogP contribution < -0.4 is 5.32 Å². The predicted octanol–water partition coefficient (Wildman–Crippen LogP) is 4.27. The maximum absolute atomic E-state index is 4.65. The molecule has 0 aliphatic rings. The number of aryl methyl sites for hydroxylation is 2. The molecule has 1 N–H and O–H groups in total. The highest BCUT2D eigenvalue weighted by molar-refractivity contribution is 9.10. The lowest BCUT2D eigenvalue weighted by Gasteiger charge is -2.11. The summed E-state index contributed by atoms with van der Waals surface area (Å²) in [7, 11) is 0. The molecule has 2 heterocycles. The summed E-state index contributed by atoms with van der Waals surface area (Å²) in [6, 6.07) is 2.10. The fourth-order valence-electron chi connectivity index (χ4n) is 1.72. The zero-order valence-electron chi connectivity index (χ0n) is 10.7. The molecule has 3 nitrogen and oxygen atoms in total. The molecule has 0 unspecified atom stereocenters. The van der Waals surface area contributed by atoms with E-state index in [1.54, 1.807) is 11.3 Å². The Balaban J connectivity index is 2.55. The van der Waals surface area contributed by atoms with Crippen LogP contribution in [-0.2, 0) is 6.42 Å². The standard InChI is InChI=1S/C13H16BrN3S/c1-4-9-10(14)12(15-5-2)17-13(16-9)11-8(3)6-7-18-11/h6-7H,4-5H2,1-3H3,(H,15,16,17). The molecule has 96 valence electrons. The van der Waals surface area contributed by atoms with E-state index in [0.29, 0.717) is 0 Å². The molecule has 0 saturated heterocycles. The summed E-state index contributed by atoms with van der Waals surface area (Å²) >= 11 is 5.26. The second kappa shape index (κ2) is 5.80. The highest BCUT2D eigenvalue weighted by Gasteiger charge is 2.14. The van der Waals surface area contributed by atoms with Gasteiger partial charge >= 0.3 is 0 Å². The third-order valence-electron chi connectivity index (χ3n) is 2.66. The van der Waals surface area contributed by atoms with Crippen LogP contribution in [-0.4, -0.2) is 16.5 Å². The van der Waals surface area contributed by atoms with E-state index < -0.39 is 0 Å². The maximum Gasteiger partial charge on any atom is 0.172 e. The van der Waals surface area contributed by atoms with Gasteiger partial charge in [0.15, 0.2) is 5.82 Å². The van der Waals surface area contributed by atoms with Crippen molar-refractivity contribution < 1.29 is 0 Å². The molecule has 0 aliphatic carbocycles. The highest BCUT2D eigenvalue weighted by atomic mass is 79.9. The van der Waals surface area contributed by atoms with E-state index in [-0.39, 0.29) is 0 Å². The molecule has 0 radical (unpaired) electrons. The van der Waals surface area contributed by atoms with E-state index in [4.69, 9.17) is 0 Å². The van der Waals surface area contributed by atoms with Gasteiger partial charge in [-0.25, -0.2) is 9.97 Å². The van der Waals surface area contributed by atoms with Gasteiger partial charge in [0.25, 0.3) is 0 Å². The number of nitrogens with one attached hydrogen (secondary N) is 1. The largest absolute Gasteiger partial charge is 0.369 e. The topological polar surface area (TPSA) is 37.8 Å². The van der Waals surface area contributed by atoms with Crippen LogP contribution in [0.3, 0.4) is 0 Å². The van der Waals surface area contributed by atoms with Crippen molar-refractivity contribution in [2.75, 3.05) is 11.9 Å². The molecule has 0 fully saturated rings. The fraction of sp³-hybridized carbons (Fsp3) is 0.385. The minimum Gasteiger partial charge on any atom is -0.369 e. The van der Waals surface area contributed by atoms with Gasteiger partial charge in [0.1, 0.15) is 5.82 Å². The van der Waals surface area contributed by atoms with Crippen LogP contribution in [0.4, 0.5) is 5.82 Å². The number of nitrogens with zero attached hydrogens (tertiary/aromatic N) is 2.